The van der Waals surface area contributed by atoms with Crippen LogP contribution < -0.4 is 0 Å². The molecule has 2 aromatic heterocycles. The molecule has 0 spiro atoms. The maximum Gasteiger partial charge on any atom is 0.231 e. The van der Waals surface area contributed by atoms with E-state index in [0.717, 1.165) is 22.2 Å². The van der Waals surface area contributed by atoms with E-state index in [9.17, 15) is 0 Å². The summed E-state index contributed by atoms with van der Waals surface area (Å²) in [7, 11) is 0. The third kappa shape index (κ3) is 3.86. The Labute approximate surface area is 160 Å². The number of hydrogen-bond acceptors (Lipinski definition) is 5. The maximum atomic E-state index is 6.34. The number of hydrogen-bond donors (Lipinski definition) is 0. The van der Waals surface area contributed by atoms with Crippen LogP contribution in [0.1, 0.15) is 16.7 Å². The fourth-order valence-corrected chi connectivity index (χ4v) is 3.59. The van der Waals surface area contributed by atoms with Gasteiger partial charge in [-0.05, 0) is 35.9 Å². The molecule has 5 nitrogen and oxygen atoms in total. The fraction of sp³-hybridized carbons (Fsp3) is 0.158. The number of tetrazole rings is 1. The lowest BCUT2D eigenvalue weighted by atomic mass is 10.1. The molecule has 0 aliphatic carbocycles. The van der Waals surface area contributed by atoms with Crippen molar-refractivity contribution in [3.8, 4) is 0 Å². The smallest absolute Gasteiger partial charge is 0.231 e. The number of aryl methyl sites for hydroxylation is 1. The monoisotopic (exact) mass is 381 g/mol. The topological polar surface area (TPSA) is 56.5 Å². The molecular formula is C19H16ClN5S. The summed E-state index contributed by atoms with van der Waals surface area (Å²) in [5.41, 5.74) is 4.17. The van der Waals surface area contributed by atoms with Gasteiger partial charge in [0.1, 0.15) is 5.15 Å². The van der Waals surface area contributed by atoms with Crippen LogP contribution in [-0.4, -0.2) is 25.2 Å². The van der Waals surface area contributed by atoms with Crippen molar-refractivity contribution in [2.24, 2.45) is 0 Å². The molecule has 0 atom stereocenters. The predicted molar refractivity (Wildman–Crippen MR) is 104 cm³/mol. The number of fused-ring (bicyclic) bond motifs is 1. The second kappa shape index (κ2) is 7.43. The molecule has 2 aromatic carbocycles. The average molecular weight is 382 g/mol. The Kier molecular flexibility index (Phi) is 4.86. The molecule has 7 heteroatoms. The van der Waals surface area contributed by atoms with Crippen LogP contribution in [0.4, 0.5) is 0 Å². The highest BCUT2D eigenvalue weighted by Gasteiger charge is 2.09. The Hall–Kier alpha value is -2.44. The normalized spacial score (nSPS) is 11.2. The number of rotatable bonds is 5. The van der Waals surface area contributed by atoms with E-state index in [0.29, 0.717) is 16.9 Å². The fourth-order valence-electron chi connectivity index (χ4n) is 2.65. The lowest BCUT2D eigenvalue weighted by Crippen LogP contribution is -2.05. The highest BCUT2D eigenvalue weighted by Crippen LogP contribution is 2.23. The molecule has 4 aromatic rings. The van der Waals surface area contributed by atoms with Crippen LogP contribution >= 0.6 is 23.4 Å². The molecule has 0 saturated carbocycles. The summed E-state index contributed by atoms with van der Waals surface area (Å²) in [6, 6.07) is 18.4. The highest BCUT2D eigenvalue weighted by atomic mass is 35.5. The molecule has 0 saturated heterocycles. The quantitative estimate of drug-likeness (QED) is 0.375. The summed E-state index contributed by atoms with van der Waals surface area (Å²) < 4.78 is 0. The van der Waals surface area contributed by atoms with E-state index >= 15 is 0 Å². The number of aromatic nitrogens is 5. The molecule has 0 N–H and O–H groups in total. The lowest BCUT2D eigenvalue weighted by Gasteiger charge is -2.06. The number of pyridine rings is 1. The molecule has 2 heterocycles. The van der Waals surface area contributed by atoms with Gasteiger partial charge in [-0.15, -0.1) is 10.2 Å². The van der Waals surface area contributed by atoms with Crippen molar-refractivity contribution in [2.75, 3.05) is 0 Å². The van der Waals surface area contributed by atoms with Gasteiger partial charge in [0.2, 0.25) is 5.16 Å². The van der Waals surface area contributed by atoms with Gasteiger partial charge >= 0.3 is 0 Å². The predicted octanol–water partition coefficient (Wildman–Crippen LogP) is 4.52. The van der Waals surface area contributed by atoms with Gasteiger partial charge in [0.25, 0.3) is 0 Å². The summed E-state index contributed by atoms with van der Waals surface area (Å²) in [6.45, 7) is 2.50. The summed E-state index contributed by atoms with van der Waals surface area (Å²) in [5.74, 6) is 0.810. The van der Waals surface area contributed by atoms with Gasteiger partial charge in [-0.2, -0.15) is 4.80 Å². The second-order valence-electron chi connectivity index (χ2n) is 6.01. The molecule has 4 rings (SSSR count). The molecule has 0 amide bonds. The van der Waals surface area contributed by atoms with Crippen molar-refractivity contribution in [3.05, 3.63) is 76.4 Å². The van der Waals surface area contributed by atoms with Crippen LogP contribution in [0.2, 0.25) is 5.15 Å². The molecule has 130 valence electrons. The molecule has 0 aliphatic heterocycles. The minimum absolute atomic E-state index is 0.439. The molecule has 0 bridgehead atoms. The summed E-state index contributed by atoms with van der Waals surface area (Å²) in [4.78, 5) is 6.02. The zero-order valence-corrected chi connectivity index (χ0v) is 15.7. The first kappa shape index (κ1) is 17.0. The molecule has 26 heavy (non-hydrogen) atoms. The van der Waals surface area contributed by atoms with Crippen molar-refractivity contribution >= 4 is 34.3 Å². The first-order valence-electron chi connectivity index (χ1n) is 8.18. The SMILES string of the molecule is Cc1ccc2nc(Cl)c(Cn3nnc(SCc4ccccc4)n3)cc2c1. The number of nitrogens with zero attached hydrogens (tertiary/aromatic N) is 5. The van der Waals surface area contributed by atoms with Crippen LogP contribution in [0.15, 0.2) is 59.8 Å². The Morgan fingerprint density at radius 2 is 1.92 bits per heavy atom. The third-order valence-electron chi connectivity index (χ3n) is 3.95. The number of thioether (sulfide) groups is 1. The first-order chi connectivity index (χ1) is 12.7. The minimum atomic E-state index is 0.439. The van der Waals surface area contributed by atoms with E-state index in [1.807, 2.05) is 36.4 Å². The van der Waals surface area contributed by atoms with E-state index < -0.39 is 0 Å². The van der Waals surface area contributed by atoms with Gasteiger partial charge in [0, 0.05) is 16.7 Å². The van der Waals surface area contributed by atoms with Crippen molar-refractivity contribution < 1.29 is 0 Å². The van der Waals surface area contributed by atoms with Gasteiger partial charge in [-0.3, -0.25) is 0 Å². The average Bonchev–Trinajstić information content (AvgIpc) is 3.09. The van der Waals surface area contributed by atoms with Crippen LogP contribution in [-0.2, 0) is 12.3 Å². The zero-order chi connectivity index (χ0) is 17.9. The van der Waals surface area contributed by atoms with Gasteiger partial charge in [0.05, 0.1) is 12.1 Å². The largest absolute Gasteiger partial charge is 0.236 e. The van der Waals surface area contributed by atoms with Crippen molar-refractivity contribution in [1.82, 2.24) is 25.2 Å². The zero-order valence-electron chi connectivity index (χ0n) is 14.1. The summed E-state index contributed by atoms with van der Waals surface area (Å²) in [6.07, 6.45) is 0. The lowest BCUT2D eigenvalue weighted by molar-refractivity contribution is 0.568. The standard InChI is InChI=1S/C19H16ClN5S/c1-13-7-8-17-15(9-13)10-16(18(20)21-17)11-25-23-19(22-24-25)26-12-14-5-3-2-4-6-14/h2-10H,11-12H2,1H3. The van der Waals surface area contributed by atoms with E-state index in [-0.39, 0.29) is 0 Å². The van der Waals surface area contributed by atoms with E-state index in [4.69, 9.17) is 11.6 Å². The van der Waals surface area contributed by atoms with Crippen LogP contribution in [0.25, 0.3) is 10.9 Å². The second-order valence-corrected chi connectivity index (χ2v) is 7.31. The van der Waals surface area contributed by atoms with Crippen molar-refractivity contribution in [2.45, 2.75) is 24.4 Å². The highest BCUT2D eigenvalue weighted by molar-refractivity contribution is 7.98. The molecule has 0 unspecified atom stereocenters. The Bertz CT molecular complexity index is 1050. The van der Waals surface area contributed by atoms with E-state index in [2.05, 4.69) is 45.5 Å². The van der Waals surface area contributed by atoms with E-state index in [1.54, 1.807) is 16.6 Å². The summed E-state index contributed by atoms with van der Waals surface area (Å²) >= 11 is 7.89. The molecule has 0 fully saturated rings. The van der Waals surface area contributed by atoms with Gasteiger partial charge < -0.3 is 0 Å². The van der Waals surface area contributed by atoms with Crippen LogP contribution in [0, 0.1) is 6.92 Å². The Morgan fingerprint density at radius 1 is 1.08 bits per heavy atom. The first-order valence-corrected chi connectivity index (χ1v) is 9.54. The minimum Gasteiger partial charge on any atom is -0.236 e. The van der Waals surface area contributed by atoms with Gasteiger partial charge in [-0.1, -0.05) is 65.3 Å². The Morgan fingerprint density at radius 3 is 2.77 bits per heavy atom. The number of halogens is 1. The van der Waals surface area contributed by atoms with E-state index in [1.165, 1.54) is 11.1 Å². The maximum absolute atomic E-state index is 6.34. The Balaban J connectivity index is 1.50. The van der Waals surface area contributed by atoms with Gasteiger partial charge in [0.15, 0.2) is 0 Å². The summed E-state index contributed by atoms with van der Waals surface area (Å²) in [5, 5.41) is 14.9. The van der Waals surface area contributed by atoms with Crippen molar-refractivity contribution in [1.29, 1.82) is 0 Å². The third-order valence-corrected chi connectivity index (χ3v) is 5.18. The van der Waals surface area contributed by atoms with Crippen molar-refractivity contribution in [3.63, 3.8) is 0 Å². The number of benzene rings is 2. The molecular weight excluding hydrogens is 366 g/mol. The van der Waals surface area contributed by atoms with Gasteiger partial charge in [-0.25, -0.2) is 4.98 Å². The van der Waals surface area contributed by atoms with Crippen LogP contribution in [0.3, 0.4) is 0 Å². The molecule has 0 radical (unpaired) electrons. The van der Waals surface area contributed by atoms with Crippen LogP contribution in [0.5, 0.6) is 0 Å². The molecule has 0 aliphatic rings.